The maximum atomic E-state index is 14.2. The Morgan fingerprint density at radius 1 is 1.00 bits per heavy atom. The zero-order valence-corrected chi connectivity index (χ0v) is 17.0. The van der Waals surface area contributed by atoms with Crippen LogP contribution in [0.25, 0.3) is 10.9 Å². The predicted molar refractivity (Wildman–Crippen MR) is 108 cm³/mol. The monoisotopic (exact) mass is 434 g/mol. The normalized spacial score (nSPS) is 20.4. The largest absolute Gasteiger partial charge is 0.255 e. The van der Waals surface area contributed by atoms with E-state index < -0.39 is 30.9 Å². The van der Waals surface area contributed by atoms with Crippen LogP contribution in [0.1, 0.15) is 17.2 Å². The number of rotatable bonds is 3. The smallest absolute Gasteiger partial charge is 0.245 e. The van der Waals surface area contributed by atoms with Crippen LogP contribution in [0.4, 0.5) is 4.39 Å². The second-order valence-corrected chi connectivity index (χ2v) is 11.1. The molecule has 29 heavy (non-hydrogen) atoms. The molecule has 0 bridgehead atoms. The van der Waals surface area contributed by atoms with Gasteiger partial charge < -0.3 is 0 Å². The molecule has 1 unspecified atom stereocenters. The minimum absolute atomic E-state index is 0.0132. The first kappa shape index (κ1) is 19.9. The first-order valence-corrected chi connectivity index (χ1v) is 12.3. The lowest BCUT2D eigenvalue weighted by Crippen LogP contribution is -2.33. The topological polar surface area (TPSA) is 84.4 Å². The van der Waals surface area contributed by atoms with Crippen LogP contribution in [0.15, 0.2) is 65.7 Å². The number of sulfone groups is 1. The summed E-state index contributed by atoms with van der Waals surface area (Å²) in [6.07, 6.45) is 1.50. The highest BCUT2D eigenvalue weighted by atomic mass is 32.2. The summed E-state index contributed by atoms with van der Waals surface area (Å²) in [4.78, 5) is 4.23. The molecular weight excluding hydrogens is 415 g/mol. The fourth-order valence-electron chi connectivity index (χ4n) is 3.67. The van der Waals surface area contributed by atoms with Crippen molar-refractivity contribution in [2.75, 3.05) is 18.8 Å². The van der Waals surface area contributed by atoms with Crippen LogP contribution < -0.4 is 0 Å². The molecule has 1 aromatic heterocycles. The Bertz CT molecular complexity index is 1270. The van der Waals surface area contributed by atoms with Crippen molar-refractivity contribution in [3.05, 3.63) is 72.2 Å². The number of para-hydroxylation sites is 1. The van der Waals surface area contributed by atoms with Crippen molar-refractivity contribution in [3.8, 4) is 0 Å². The van der Waals surface area contributed by atoms with Crippen molar-refractivity contribution >= 4 is 30.8 Å². The van der Waals surface area contributed by atoms with Gasteiger partial charge >= 0.3 is 0 Å². The minimum atomic E-state index is -3.97. The lowest BCUT2D eigenvalue weighted by Gasteiger charge is -2.20. The summed E-state index contributed by atoms with van der Waals surface area (Å²) in [5.41, 5.74) is 0.423. The maximum Gasteiger partial charge on any atom is 0.245 e. The molecule has 0 radical (unpaired) electrons. The molecule has 152 valence electrons. The Morgan fingerprint density at radius 3 is 2.55 bits per heavy atom. The van der Waals surface area contributed by atoms with E-state index in [2.05, 4.69) is 4.98 Å². The highest BCUT2D eigenvalue weighted by Gasteiger charge is 2.37. The molecule has 2 heterocycles. The van der Waals surface area contributed by atoms with Gasteiger partial charge in [-0.05, 0) is 24.6 Å². The summed E-state index contributed by atoms with van der Waals surface area (Å²) in [5, 5.41) is -0.394. The van der Waals surface area contributed by atoms with E-state index in [-0.39, 0.29) is 35.7 Å². The van der Waals surface area contributed by atoms with Crippen molar-refractivity contribution in [1.82, 2.24) is 9.29 Å². The van der Waals surface area contributed by atoms with E-state index in [1.807, 2.05) is 0 Å². The molecule has 1 atom stereocenters. The van der Waals surface area contributed by atoms with Crippen LogP contribution in [0.3, 0.4) is 0 Å². The van der Waals surface area contributed by atoms with Crippen LogP contribution in [0.5, 0.6) is 0 Å². The van der Waals surface area contributed by atoms with E-state index in [0.29, 0.717) is 10.9 Å². The highest BCUT2D eigenvalue weighted by molar-refractivity contribution is 7.92. The third kappa shape index (κ3) is 3.65. The zero-order chi connectivity index (χ0) is 20.6. The van der Waals surface area contributed by atoms with Crippen molar-refractivity contribution in [3.63, 3.8) is 0 Å². The summed E-state index contributed by atoms with van der Waals surface area (Å²) in [6, 6.07) is 14.1. The SMILES string of the molecule is O=S1(=O)CCN(S(=O)(=O)c2cccc3cccnc23)CCC1c1ccccc1F. The van der Waals surface area contributed by atoms with Gasteiger partial charge in [0.25, 0.3) is 0 Å². The number of fused-ring (bicyclic) bond motifs is 1. The van der Waals surface area contributed by atoms with E-state index in [1.54, 1.807) is 30.3 Å². The summed E-state index contributed by atoms with van der Waals surface area (Å²) in [7, 11) is -7.68. The number of halogens is 1. The van der Waals surface area contributed by atoms with Crippen LogP contribution in [0, 0.1) is 5.82 Å². The number of sulfonamides is 1. The van der Waals surface area contributed by atoms with Gasteiger partial charge in [0.2, 0.25) is 10.0 Å². The Hall–Kier alpha value is -2.36. The molecule has 1 fully saturated rings. The van der Waals surface area contributed by atoms with Gasteiger partial charge in [0.1, 0.15) is 10.7 Å². The Balaban J connectivity index is 1.71. The predicted octanol–water partition coefficient (Wildman–Crippen LogP) is 2.92. The molecule has 4 rings (SSSR count). The quantitative estimate of drug-likeness (QED) is 0.633. The second-order valence-electron chi connectivity index (χ2n) is 6.90. The summed E-state index contributed by atoms with van der Waals surface area (Å²) < 4.78 is 67.5. The van der Waals surface area contributed by atoms with Crippen LogP contribution >= 0.6 is 0 Å². The van der Waals surface area contributed by atoms with Crippen LogP contribution in [-0.4, -0.2) is 45.0 Å². The standard InChI is InChI=1S/C20H19FN2O4S2/c21-17-8-2-1-7-16(17)18-10-12-23(13-14-28(18,24)25)29(26,27)19-9-3-5-15-6-4-11-22-20(15)19/h1-9,11,18H,10,12-14H2. The van der Waals surface area contributed by atoms with E-state index in [9.17, 15) is 21.2 Å². The lowest BCUT2D eigenvalue weighted by atomic mass is 10.1. The van der Waals surface area contributed by atoms with Gasteiger partial charge in [0.15, 0.2) is 9.84 Å². The molecule has 0 spiro atoms. The molecule has 0 aliphatic carbocycles. The van der Waals surface area contributed by atoms with Gasteiger partial charge in [0.05, 0.1) is 16.5 Å². The molecule has 3 aromatic rings. The van der Waals surface area contributed by atoms with Crippen molar-refractivity contribution in [2.45, 2.75) is 16.6 Å². The van der Waals surface area contributed by atoms with Gasteiger partial charge in [-0.2, -0.15) is 4.31 Å². The Kier molecular flexibility index (Phi) is 5.14. The number of benzene rings is 2. The van der Waals surface area contributed by atoms with Gasteiger partial charge in [0, 0.05) is 30.2 Å². The number of hydrogen-bond donors (Lipinski definition) is 0. The fraction of sp³-hybridized carbons (Fsp3) is 0.250. The average Bonchev–Trinajstić information content (AvgIpc) is 2.86. The van der Waals surface area contributed by atoms with Gasteiger partial charge in [-0.25, -0.2) is 21.2 Å². The zero-order valence-electron chi connectivity index (χ0n) is 15.4. The first-order valence-electron chi connectivity index (χ1n) is 9.10. The molecule has 9 heteroatoms. The molecule has 2 aromatic carbocycles. The minimum Gasteiger partial charge on any atom is -0.255 e. The van der Waals surface area contributed by atoms with Crippen molar-refractivity contribution in [1.29, 1.82) is 0 Å². The summed E-state index contributed by atoms with van der Waals surface area (Å²) in [6.45, 7) is -0.206. The number of aromatic nitrogens is 1. The lowest BCUT2D eigenvalue weighted by molar-refractivity contribution is 0.427. The van der Waals surface area contributed by atoms with Gasteiger partial charge in [-0.3, -0.25) is 4.98 Å². The van der Waals surface area contributed by atoms with E-state index in [1.165, 1.54) is 30.5 Å². The van der Waals surface area contributed by atoms with Crippen molar-refractivity contribution in [2.24, 2.45) is 0 Å². The third-order valence-corrected chi connectivity index (χ3v) is 9.20. The third-order valence-electron chi connectivity index (χ3n) is 5.17. The molecule has 0 saturated carbocycles. The molecule has 0 amide bonds. The van der Waals surface area contributed by atoms with Gasteiger partial charge in [-0.1, -0.05) is 36.4 Å². The molecule has 6 nitrogen and oxygen atoms in total. The molecule has 1 aliphatic heterocycles. The highest BCUT2D eigenvalue weighted by Crippen LogP contribution is 2.33. The van der Waals surface area contributed by atoms with E-state index >= 15 is 0 Å². The number of nitrogens with zero attached hydrogens (tertiary/aromatic N) is 2. The molecular formula is C20H19FN2O4S2. The maximum absolute atomic E-state index is 14.2. The first-order chi connectivity index (χ1) is 13.8. The summed E-state index contributed by atoms with van der Waals surface area (Å²) in [5.74, 6) is -0.973. The number of pyridine rings is 1. The van der Waals surface area contributed by atoms with Crippen LogP contribution in [0.2, 0.25) is 0 Å². The molecule has 0 N–H and O–H groups in total. The van der Waals surface area contributed by atoms with Crippen LogP contribution in [-0.2, 0) is 19.9 Å². The molecule has 1 saturated heterocycles. The molecule has 1 aliphatic rings. The fourth-order valence-corrected chi connectivity index (χ4v) is 7.21. The Morgan fingerprint density at radius 2 is 1.76 bits per heavy atom. The van der Waals surface area contributed by atoms with E-state index in [4.69, 9.17) is 0 Å². The number of hydrogen-bond acceptors (Lipinski definition) is 5. The summed E-state index contributed by atoms with van der Waals surface area (Å²) >= 11 is 0. The average molecular weight is 435 g/mol. The Labute approximate surface area is 169 Å². The van der Waals surface area contributed by atoms with Gasteiger partial charge in [-0.15, -0.1) is 0 Å². The van der Waals surface area contributed by atoms with E-state index in [0.717, 1.165) is 4.31 Å². The second kappa shape index (κ2) is 7.47. The van der Waals surface area contributed by atoms with Crippen molar-refractivity contribution < 1.29 is 21.2 Å².